The van der Waals surface area contributed by atoms with Crippen molar-refractivity contribution in [2.75, 3.05) is 19.6 Å². The highest BCUT2D eigenvalue weighted by molar-refractivity contribution is 6.12. The van der Waals surface area contributed by atoms with E-state index in [9.17, 15) is 9.59 Å². The summed E-state index contributed by atoms with van der Waals surface area (Å²) in [5.74, 6) is -0.0259. The number of fused-ring (bicyclic) bond motifs is 1. The molecule has 4 heteroatoms. The second kappa shape index (κ2) is 7.67. The van der Waals surface area contributed by atoms with Crippen LogP contribution in [0.4, 0.5) is 0 Å². The van der Waals surface area contributed by atoms with Crippen LogP contribution in [0, 0.1) is 0 Å². The number of aryl methyl sites for hydroxylation is 1. The lowest BCUT2D eigenvalue weighted by molar-refractivity contribution is 0.0929. The highest BCUT2D eigenvalue weighted by Crippen LogP contribution is 2.19. The van der Waals surface area contributed by atoms with Gasteiger partial charge in [0.05, 0.1) is 12.2 Å². The zero-order chi connectivity index (χ0) is 18.7. The number of likely N-dealkylation sites (N-methyl/N-ethyl adjacent to an activating group) is 1. The fourth-order valence-electron chi connectivity index (χ4n) is 3.19. The Bertz CT molecular complexity index is 952. The first-order valence-corrected chi connectivity index (χ1v) is 8.99. The van der Waals surface area contributed by atoms with Crippen molar-refractivity contribution in [3.63, 3.8) is 0 Å². The summed E-state index contributed by atoms with van der Waals surface area (Å²) < 4.78 is 1.75. The van der Waals surface area contributed by atoms with Crippen molar-refractivity contribution in [2.45, 2.75) is 13.8 Å². The molecule has 0 aliphatic rings. The fraction of sp³-hybridized carbons (Fsp3) is 0.273. The molecule has 2 aromatic carbocycles. The number of carbonyl (C=O) groups excluding carboxylic acids is 2. The molecule has 4 nitrogen and oxygen atoms in total. The van der Waals surface area contributed by atoms with Gasteiger partial charge in [-0.3, -0.25) is 14.5 Å². The average Bonchev–Trinajstić information content (AvgIpc) is 3.06. The lowest BCUT2D eigenvalue weighted by Crippen LogP contribution is -2.30. The van der Waals surface area contributed by atoms with E-state index in [-0.39, 0.29) is 11.6 Å². The van der Waals surface area contributed by atoms with E-state index < -0.39 is 0 Å². The molecule has 0 atom stereocenters. The van der Waals surface area contributed by atoms with Gasteiger partial charge in [-0.2, -0.15) is 0 Å². The van der Waals surface area contributed by atoms with Crippen LogP contribution in [0.25, 0.3) is 10.8 Å². The van der Waals surface area contributed by atoms with Crippen LogP contribution < -0.4 is 0 Å². The summed E-state index contributed by atoms with van der Waals surface area (Å²) in [6.45, 7) is 6.10. The second-order valence-corrected chi connectivity index (χ2v) is 6.50. The molecule has 3 rings (SSSR count). The fourth-order valence-corrected chi connectivity index (χ4v) is 3.19. The van der Waals surface area contributed by atoms with Crippen LogP contribution in [0.3, 0.4) is 0 Å². The Kier molecular flexibility index (Phi) is 5.33. The van der Waals surface area contributed by atoms with E-state index in [1.54, 1.807) is 16.8 Å². The van der Waals surface area contributed by atoms with E-state index in [0.717, 1.165) is 23.9 Å². The summed E-state index contributed by atoms with van der Waals surface area (Å²) in [7, 11) is 1.81. The Morgan fingerprint density at radius 3 is 2.31 bits per heavy atom. The maximum atomic E-state index is 12.9. The van der Waals surface area contributed by atoms with E-state index in [4.69, 9.17) is 0 Å². The van der Waals surface area contributed by atoms with Gasteiger partial charge in [-0.1, -0.05) is 50.2 Å². The number of Topliss-reactive ketones (excluding diaryl/α,β-unsaturated/α-hetero) is 1. The van der Waals surface area contributed by atoms with Crippen LogP contribution in [-0.2, 0) is 7.05 Å². The monoisotopic (exact) mass is 348 g/mol. The molecule has 134 valence electrons. The number of aromatic nitrogens is 1. The predicted octanol–water partition coefficient (Wildman–Crippen LogP) is 3.93. The largest absolute Gasteiger partial charge is 0.347 e. The lowest BCUT2D eigenvalue weighted by Gasteiger charge is -2.16. The molecule has 0 amide bonds. The first-order chi connectivity index (χ1) is 12.5. The molecule has 26 heavy (non-hydrogen) atoms. The van der Waals surface area contributed by atoms with Crippen LogP contribution >= 0.6 is 0 Å². The molecule has 0 radical (unpaired) electrons. The minimum Gasteiger partial charge on any atom is -0.347 e. The summed E-state index contributed by atoms with van der Waals surface area (Å²) in [6.07, 6.45) is 1.74. The van der Waals surface area contributed by atoms with Crippen molar-refractivity contribution in [3.05, 3.63) is 71.5 Å². The first-order valence-electron chi connectivity index (χ1n) is 8.99. The van der Waals surface area contributed by atoms with Gasteiger partial charge in [-0.15, -0.1) is 0 Å². The van der Waals surface area contributed by atoms with E-state index in [1.807, 2.05) is 63.4 Å². The number of nitrogens with zero attached hydrogens (tertiary/aromatic N) is 2. The van der Waals surface area contributed by atoms with Crippen molar-refractivity contribution >= 4 is 22.3 Å². The van der Waals surface area contributed by atoms with E-state index in [0.29, 0.717) is 23.4 Å². The highest BCUT2D eigenvalue weighted by atomic mass is 16.1. The van der Waals surface area contributed by atoms with E-state index >= 15 is 0 Å². The summed E-state index contributed by atoms with van der Waals surface area (Å²) >= 11 is 0. The molecule has 0 N–H and O–H groups in total. The van der Waals surface area contributed by atoms with Gasteiger partial charge >= 0.3 is 0 Å². The molecular formula is C22H24N2O2. The molecule has 0 aliphatic carbocycles. The molecule has 0 saturated carbocycles. The van der Waals surface area contributed by atoms with Crippen molar-refractivity contribution < 1.29 is 9.59 Å². The van der Waals surface area contributed by atoms with Gasteiger partial charge in [0.2, 0.25) is 0 Å². The van der Waals surface area contributed by atoms with Gasteiger partial charge in [0, 0.05) is 24.4 Å². The average molecular weight is 348 g/mol. The first kappa shape index (κ1) is 18.1. The summed E-state index contributed by atoms with van der Waals surface area (Å²) in [5, 5.41) is 2.14. The topological polar surface area (TPSA) is 42.3 Å². The lowest BCUT2D eigenvalue weighted by atomic mass is 10.0. The molecule has 0 unspecified atom stereocenters. The number of carbonyl (C=O) groups is 2. The van der Waals surface area contributed by atoms with Crippen molar-refractivity contribution in [3.8, 4) is 0 Å². The van der Waals surface area contributed by atoms with Crippen LogP contribution in [0.2, 0.25) is 0 Å². The minimum atomic E-state index is -0.0618. The summed E-state index contributed by atoms with van der Waals surface area (Å²) in [4.78, 5) is 27.5. The van der Waals surface area contributed by atoms with Crippen LogP contribution in [-0.4, -0.2) is 40.7 Å². The third-order valence-corrected chi connectivity index (χ3v) is 4.83. The van der Waals surface area contributed by atoms with Crippen molar-refractivity contribution in [1.29, 1.82) is 0 Å². The van der Waals surface area contributed by atoms with Gasteiger partial charge in [0.15, 0.2) is 11.6 Å². The number of hydrogen-bond acceptors (Lipinski definition) is 3. The van der Waals surface area contributed by atoms with Crippen LogP contribution in [0.1, 0.15) is 40.3 Å². The third-order valence-electron chi connectivity index (χ3n) is 4.83. The minimum absolute atomic E-state index is 0.0359. The molecule has 0 aliphatic heterocycles. The van der Waals surface area contributed by atoms with Gasteiger partial charge < -0.3 is 4.57 Å². The van der Waals surface area contributed by atoms with Gasteiger partial charge in [-0.05, 0) is 36.0 Å². The zero-order valence-corrected chi connectivity index (χ0v) is 15.5. The Morgan fingerprint density at radius 1 is 0.923 bits per heavy atom. The molecule has 1 aromatic heterocycles. The molecule has 0 fully saturated rings. The standard InChI is InChI=1S/C22H24N2O2/c1-4-24(5-2)15-21(25)20-13-19(14-23(20)3)22(26)18-11-10-16-8-6-7-9-17(16)12-18/h6-14H,4-5,15H2,1-3H3. The van der Waals surface area contributed by atoms with Gasteiger partial charge in [0.1, 0.15) is 0 Å². The Hall–Kier alpha value is -2.72. The van der Waals surface area contributed by atoms with Crippen molar-refractivity contribution in [1.82, 2.24) is 9.47 Å². The maximum Gasteiger partial charge on any atom is 0.194 e. The molecule has 0 bridgehead atoms. The van der Waals surface area contributed by atoms with Crippen LogP contribution in [0.15, 0.2) is 54.7 Å². The molecule has 3 aromatic rings. The van der Waals surface area contributed by atoms with Gasteiger partial charge in [0.25, 0.3) is 0 Å². The van der Waals surface area contributed by atoms with Crippen molar-refractivity contribution in [2.24, 2.45) is 7.05 Å². The molecule has 0 spiro atoms. The molecular weight excluding hydrogens is 324 g/mol. The third kappa shape index (κ3) is 3.60. The Morgan fingerprint density at radius 2 is 1.62 bits per heavy atom. The maximum absolute atomic E-state index is 12.9. The van der Waals surface area contributed by atoms with E-state index in [2.05, 4.69) is 4.90 Å². The number of ketones is 2. The van der Waals surface area contributed by atoms with E-state index in [1.165, 1.54) is 0 Å². The van der Waals surface area contributed by atoms with Crippen LogP contribution in [0.5, 0.6) is 0 Å². The molecule has 0 saturated heterocycles. The zero-order valence-electron chi connectivity index (χ0n) is 15.5. The normalized spacial score (nSPS) is 11.2. The van der Waals surface area contributed by atoms with Gasteiger partial charge in [-0.25, -0.2) is 0 Å². The quantitative estimate of drug-likeness (QED) is 0.608. The number of hydrogen-bond donors (Lipinski definition) is 0. The number of benzene rings is 2. The Labute approximate surface area is 154 Å². The number of rotatable bonds is 7. The summed E-state index contributed by atoms with van der Waals surface area (Å²) in [5.41, 5.74) is 1.75. The SMILES string of the molecule is CCN(CC)CC(=O)c1cc(C(=O)c2ccc3ccccc3c2)cn1C. The smallest absolute Gasteiger partial charge is 0.194 e. The predicted molar refractivity (Wildman–Crippen MR) is 105 cm³/mol. The Balaban J connectivity index is 1.87. The second-order valence-electron chi connectivity index (χ2n) is 6.50. The highest BCUT2D eigenvalue weighted by Gasteiger charge is 2.18. The summed E-state index contributed by atoms with van der Waals surface area (Å²) in [6, 6.07) is 15.4. The molecule has 1 heterocycles.